The molecule has 3 aliphatic rings. The quantitative estimate of drug-likeness (QED) is 0.681. The maximum absolute atomic E-state index is 12.1. The predicted molar refractivity (Wildman–Crippen MR) is 89.7 cm³/mol. The minimum Gasteiger partial charge on any atom is -0.371 e. The Bertz CT molecular complexity index is 468. The fourth-order valence-corrected chi connectivity index (χ4v) is 6.71. The Hall–Kier alpha value is -0.370. The average molecular weight is 306 g/mol. The molecule has 2 aliphatic carbocycles. The van der Waals surface area contributed by atoms with E-state index in [1.165, 1.54) is 25.7 Å². The lowest BCUT2D eigenvalue weighted by Gasteiger charge is -2.64. The summed E-state index contributed by atoms with van der Waals surface area (Å²) in [6, 6.07) is 0. The van der Waals surface area contributed by atoms with Gasteiger partial charge in [0.05, 0.1) is 11.7 Å². The molecule has 0 aromatic carbocycles. The zero-order chi connectivity index (χ0) is 16.3. The highest BCUT2D eigenvalue weighted by Crippen LogP contribution is 2.65. The first-order chi connectivity index (χ1) is 10.1. The van der Waals surface area contributed by atoms with Crippen molar-refractivity contribution in [2.75, 3.05) is 0 Å². The number of fused-ring (bicyclic) bond motifs is 3. The molecule has 0 bridgehead atoms. The second kappa shape index (κ2) is 5.06. The summed E-state index contributed by atoms with van der Waals surface area (Å²) >= 11 is 0. The third-order valence-electron chi connectivity index (χ3n) is 7.77. The Balaban J connectivity index is 1.97. The molecule has 0 aromatic rings. The van der Waals surface area contributed by atoms with Crippen molar-refractivity contribution in [3.8, 4) is 0 Å². The van der Waals surface area contributed by atoms with E-state index in [0.717, 1.165) is 18.8 Å². The summed E-state index contributed by atoms with van der Waals surface area (Å²) in [4.78, 5) is 12.1. The molecule has 0 aromatic heterocycles. The molecule has 0 radical (unpaired) electrons. The van der Waals surface area contributed by atoms with Gasteiger partial charge in [-0.15, -0.1) is 0 Å². The van der Waals surface area contributed by atoms with E-state index in [0.29, 0.717) is 22.5 Å². The van der Waals surface area contributed by atoms with Crippen molar-refractivity contribution in [2.24, 2.45) is 28.6 Å². The molecule has 1 heterocycles. The van der Waals surface area contributed by atoms with Crippen molar-refractivity contribution in [1.29, 1.82) is 0 Å². The van der Waals surface area contributed by atoms with Crippen LogP contribution in [0.25, 0.3) is 0 Å². The summed E-state index contributed by atoms with van der Waals surface area (Å²) in [6.07, 6.45) is 7.55. The fourth-order valence-electron chi connectivity index (χ4n) is 6.71. The van der Waals surface area contributed by atoms with Crippen LogP contribution in [0.5, 0.6) is 0 Å². The lowest BCUT2D eigenvalue weighted by molar-refractivity contribution is -0.245. The third kappa shape index (κ3) is 2.28. The molecule has 2 heteroatoms. The standard InChI is InChI=1S/C20H34O2/c1-13(21)15-12-17-19(5)10-7-9-18(3,4)16(19)8-11-20(17,6)22-14(15)2/h14-17H,7-12H2,1-6H3/t14-,15-,16?,17?,19-,20+/m0/s1. The molecule has 2 saturated carbocycles. The number of carbonyl (C=O) groups is 1. The number of hydrogen-bond acceptors (Lipinski definition) is 2. The Labute approximate surface area is 136 Å². The normalized spacial score (nSPS) is 50.8. The average Bonchev–Trinajstić information content (AvgIpc) is 2.35. The van der Waals surface area contributed by atoms with E-state index in [2.05, 4.69) is 34.6 Å². The van der Waals surface area contributed by atoms with Crippen LogP contribution in [0.2, 0.25) is 0 Å². The van der Waals surface area contributed by atoms with Gasteiger partial charge in [0.1, 0.15) is 5.78 Å². The monoisotopic (exact) mass is 306 g/mol. The van der Waals surface area contributed by atoms with E-state index >= 15 is 0 Å². The van der Waals surface area contributed by atoms with Gasteiger partial charge in [-0.25, -0.2) is 0 Å². The molecule has 0 spiro atoms. The molecular formula is C20H34O2. The molecule has 3 fully saturated rings. The smallest absolute Gasteiger partial charge is 0.135 e. The van der Waals surface area contributed by atoms with Crippen LogP contribution in [0.3, 0.4) is 0 Å². The highest BCUT2D eigenvalue weighted by molar-refractivity contribution is 5.79. The first-order valence-corrected chi connectivity index (χ1v) is 9.28. The van der Waals surface area contributed by atoms with E-state index in [1.54, 1.807) is 6.92 Å². The van der Waals surface area contributed by atoms with Crippen LogP contribution in [-0.2, 0) is 9.53 Å². The zero-order valence-corrected chi connectivity index (χ0v) is 15.4. The van der Waals surface area contributed by atoms with Crippen LogP contribution in [-0.4, -0.2) is 17.5 Å². The third-order valence-corrected chi connectivity index (χ3v) is 7.77. The first-order valence-electron chi connectivity index (χ1n) is 9.28. The molecule has 1 aliphatic heterocycles. The Morgan fingerprint density at radius 1 is 1.05 bits per heavy atom. The van der Waals surface area contributed by atoms with E-state index in [9.17, 15) is 4.79 Å². The SMILES string of the molecule is CC(=O)[C@@H]1CC2[C@@]3(C)CCCC(C)(C)C3CC[C@@]2(C)O[C@H]1C. The van der Waals surface area contributed by atoms with E-state index in [1.807, 2.05) is 0 Å². The van der Waals surface area contributed by atoms with Gasteiger partial charge < -0.3 is 4.74 Å². The maximum atomic E-state index is 12.1. The van der Waals surface area contributed by atoms with Gasteiger partial charge in [0.25, 0.3) is 0 Å². The number of ether oxygens (including phenoxy) is 1. The topological polar surface area (TPSA) is 26.3 Å². The second-order valence-corrected chi connectivity index (χ2v) is 9.58. The van der Waals surface area contributed by atoms with Crippen molar-refractivity contribution in [3.05, 3.63) is 0 Å². The summed E-state index contributed by atoms with van der Waals surface area (Å²) in [5.41, 5.74) is 0.746. The molecule has 22 heavy (non-hydrogen) atoms. The Morgan fingerprint density at radius 3 is 2.36 bits per heavy atom. The van der Waals surface area contributed by atoms with Gasteiger partial charge in [-0.1, -0.05) is 27.2 Å². The van der Waals surface area contributed by atoms with Crippen molar-refractivity contribution in [3.63, 3.8) is 0 Å². The van der Waals surface area contributed by atoms with Crippen LogP contribution < -0.4 is 0 Å². The van der Waals surface area contributed by atoms with Crippen LogP contribution in [0.15, 0.2) is 0 Å². The predicted octanol–water partition coefficient (Wildman–Crippen LogP) is 5.00. The molecule has 2 unspecified atom stereocenters. The summed E-state index contributed by atoms with van der Waals surface area (Å²) in [7, 11) is 0. The van der Waals surface area contributed by atoms with E-state index in [-0.39, 0.29) is 17.6 Å². The minimum atomic E-state index is -0.0238. The van der Waals surface area contributed by atoms with Crippen LogP contribution in [0.4, 0.5) is 0 Å². The van der Waals surface area contributed by atoms with Crippen molar-refractivity contribution >= 4 is 5.78 Å². The number of ketones is 1. The Kier molecular flexibility index (Phi) is 3.79. The van der Waals surface area contributed by atoms with Gasteiger partial charge in [-0.05, 0) is 75.5 Å². The van der Waals surface area contributed by atoms with E-state index < -0.39 is 0 Å². The first kappa shape index (κ1) is 16.5. The molecule has 1 saturated heterocycles. The van der Waals surface area contributed by atoms with Gasteiger partial charge in [-0.2, -0.15) is 0 Å². The highest BCUT2D eigenvalue weighted by Gasteiger charge is 2.61. The molecule has 0 N–H and O–H groups in total. The summed E-state index contributed by atoms with van der Waals surface area (Å²) in [6.45, 7) is 13.6. The summed E-state index contributed by atoms with van der Waals surface area (Å²) in [5, 5.41) is 0. The number of Topliss-reactive ketones (excluding diaryl/α,β-unsaturated/α-hetero) is 1. The van der Waals surface area contributed by atoms with Crippen LogP contribution in [0, 0.1) is 28.6 Å². The van der Waals surface area contributed by atoms with Gasteiger partial charge in [-0.3, -0.25) is 4.79 Å². The van der Waals surface area contributed by atoms with Crippen molar-refractivity contribution < 1.29 is 9.53 Å². The Morgan fingerprint density at radius 2 is 1.73 bits per heavy atom. The molecule has 126 valence electrons. The molecule has 3 rings (SSSR count). The lowest BCUT2D eigenvalue weighted by Crippen LogP contribution is -2.62. The van der Waals surface area contributed by atoms with Gasteiger partial charge in [0.15, 0.2) is 0 Å². The lowest BCUT2D eigenvalue weighted by atomic mass is 9.44. The molecular weight excluding hydrogens is 272 g/mol. The number of rotatable bonds is 1. The minimum absolute atomic E-state index is 0.0238. The van der Waals surface area contributed by atoms with Crippen LogP contribution >= 0.6 is 0 Å². The van der Waals surface area contributed by atoms with Gasteiger partial charge in [0, 0.05) is 5.92 Å². The molecule has 2 nitrogen and oxygen atoms in total. The number of hydrogen-bond donors (Lipinski definition) is 0. The van der Waals surface area contributed by atoms with Crippen molar-refractivity contribution in [2.45, 2.75) is 91.8 Å². The highest BCUT2D eigenvalue weighted by atomic mass is 16.5. The second-order valence-electron chi connectivity index (χ2n) is 9.58. The van der Waals surface area contributed by atoms with E-state index in [4.69, 9.17) is 4.74 Å². The summed E-state index contributed by atoms with van der Waals surface area (Å²) < 4.78 is 6.51. The van der Waals surface area contributed by atoms with Crippen LogP contribution in [0.1, 0.15) is 80.1 Å². The zero-order valence-electron chi connectivity index (χ0n) is 15.4. The maximum Gasteiger partial charge on any atom is 0.135 e. The molecule has 6 atom stereocenters. The van der Waals surface area contributed by atoms with Gasteiger partial charge in [0.2, 0.25) is 0 Å². The summed E-state index contributed by atoms with van der Waals surface area (Å²) in [5.74, 6) is 1.72. The fraction of sp³-hybridized carbons (Fsp3) is 0.950. The van der Waals surface area contributed by atoms with Crippen molar-refractivity contribution in [1.82, 2.24) is 0 Å². The van der Waals surface area contributed by atoms with Gasteiger partial charge >= 0.3 is 0 Å². The molecule has 0 amide bonds. The largest absolute Gasteiger partial charge is 0.371 e. The number of carbonyl (C=O) groups excluding carboxylic acids is 1.